The van der Waals surface area contributed by atoms with Crippen LogP contribution in [0.1, 0.15) is 61.4 Å². The van der Waals surface area contributed by atoms with Crippen LogP contribution in [0.15, 0.2) is 60.9 Å². The lowest BCUT2D eigenvalue weighted by molar-refractivity contribution is 0.0778. The fraction of sp³-hybridized carbons (Fsp3) is 0.321. The molecule has 0 atom stereocenters. The van der Waals surface area contributed by atoms with E-state index in [0.29, 0.717) is 53.8 Å². The van der Waals surface area contributed by atoms with Crippen LogP contribution in [0.5, 0.6) is 5.75 Å². The standard InChI is InChI=1S/C28H29FN6O3/c1-4-38-20-10-12-22(31-16-20)26-34-33-25(35(26)24-8-6-5-7-21(24)29)17-13-19(14-17)32-27(36)23-11-9-18(15-30-23)28(2,3)37/h5-12,15-17,19,37H,4,13-14H2,1-3H3,(H,32,36)/t17-,19-. The number of rotatable bonds is 8. The predicted molar refractivity (Wildman–Crippen MR) is 138 cm³/mol. The Morgan fingerprint density at radius 2 is 1.89 bits per heavy atom. The zero-order valence-corrected chi connectivity index (χ0v) is 21.4. The Morgan fingerprint density at radius 3 is 2.53 bits per heavy atom. The summed E-state index contributed by atoms with van der Waals surface area (Å²) in [5, 5.41) is 21.9. The van der Waals surface area contributed by atoms with Gasteiger partial charge in [0.1, 0.15) is 28.8 Å². The Bertz CT molecular complexity index is 1420. The van der Waals surface area contributed by atoms with Gasteiger partial charge in [0.25, 0.3) is 5.91 Å². The summed E-state index contributed by atoms with van der Waals surface area (Å²) in [5.74, 6) is 0.955. The van der Waals surface area contributed by atoms with E-state index in [1.165, 1.54) is 12.3 Å². The zero-order chi connectivity index (χ0) is 26.9. The molecular formula is C28H29FN6O3. The molecule has 4 aromatic rings. The van der Waals surface area contributed by atoms with Crippen LogP contribution in [-0.4, -0.2) is 48.4 Å². The maximum Gasteiger partial charge on any atom is 0.270 e. The first kappa shape index (κ1) is 25.5. The van der Waals surface area contributed by atoms with Crippen molar-refractivity contribution in [1.29, 1.82) is 0 Å². The number of carbonyl (C=O) groups excluding carboxylic acids is 1. The summed E-state index contributed by atoms with van der Waals surface area (Å²) in [5.41, 5.74) is 0.752. The van der Waals surface area contributed by atoms with Gasteiger partial charge < -0.3 is 15.2 Å². The maximum absolute atomic E-state index is 14.9. The molecule has 0 radical (unpaired) electrons. The molecule has 5 rings (SSSR count). The highest BCUT2D eigenvalue weighted by atomic mass is 19.1. The number of amides is 1. The second-order valence-electron chi connectivity index (χ2n) is 9.81. The van der Waals surface area contributed by atoms with Crippen LogP contribution in [0.3, 0.4) is 0 Å². The highest BCUT2D eigenvalue weighted by molar-refractivity contribution is 5.92. The molecule has 3 heterocycles. The molecule has 0 unspecified atom stereocenters. The topological polar surface area (TPSA) is 115 Å². The average Bonchev–Trinajstić information content (AvgIpc) is 3.30. The van der Waals surface area contributed by atoms with Crippen LogP contribution in [0.2, 0.25) is 0 Å². The molecule has 1 amide bonds. The molecule has 1 fully saturated rings. The lowest BCUT2D eigenvalue weighted by Gasteiger charge is -2.35. The quantitative estimate of drug-likeness (QED) is 0.361. The molecule has 3 aromatic heterocycles. The van der Waals surface area contributed by atoms with Gasteiger partial charge in [-0.2, -0.15) is 0 Å². The number of ether oxygens (including phenoxy) is 1. The molecule has 2 N–H and O–H groups in total. The molecule has 0 bridgehead atoms. The van der Waals surface area contributed by atoms with Gasteiger partial charge in [-0.25, -0.2) is 9.37 Å². The van der Waals surface area contributed by atoms with Crippen molar-refractivity contribution in [3.63, 3.8) is 0 Å². The number of nitrogens with one attached hydrogen (secondary N) is 1. The van der Waals surface area contributed by atoms with Crippen molar-refractivity contribution in [2.24, 2.45) is 0 Å². The third kappa shape index (κ3) is 5.12. The van der Waals surface area contributed by atoms with Crippen molar-refractivity contribution in [3.8, 4) is 23.0 Å². The van der Waals surface area contributed by atoms with E-state index in [0.717, 1.165) is 0 Å². The van der Waals surface area contributed by atoms with Crippen molar-refractivity contribution in [3.05, 3.63) is 83.8 Å². The first-order valence-electron chi connectivity index (χ1n) is 12.5. The number of benzene rings is 1. The molecule has 1 aliphatic carbocycles. The number of aliphatic hydroxyl groups is 1. The molecule has 1 aliphatic rings. The van der Waals surface area contributed by atoms with Crippen LogP contribution in [0, 0.1) is 5.82 Å². The molecule has 38 heavy (non-hydrogen) atoms. The fourth-order valence-corrected chi connectivity index (χ4v) is 4.46. The summed E-state index contributed by atoms with van der Waals surface area (Å²) in [6.07, 6.45) is 4.36. The number of nitrogens with zero attached hydrogens (tertiary/aromatic N) is 5. The van der Waals surface area contributed by atoms with Crippen LogP contribution in [0.4, 0.5) is 4.39 Å². The largest absolute Gasteiger partial charge is 0.492 e. The summed E-state index contributed by atoms with van der Waals surface area (Å²) in [6, 6.07) is 13.3. The number of para-hydroxylation sites is 1. The Morgan fingerprint density at radius 1 is 1.11 bits per heavy atom. The lowest BCUT2D eigenvalue weighted by atomic mass is 9.79. The third-order valence-corrected chi connectivity index (χ3v) is 6.60. The molecule has 0 saturated heterocycles. The van der Waals surface area contributed by atoms with Crippen LogP contribution in [-0.2, 0) is 5.60 Å². The van der Waals surface area contributed by atoms with Crippen molar-refractivity contribution in [2.75, 3.05) is 6.61 Å². The second-order valence-corrected chi connectivity index (χ2v) is 9.81. The first-order chi connectivity index (χ1) is 18.2. The highest BCUT2D eigenvalue weighted by Gasteiger charge is 2.36. The molecular weight excluding hydrogens is 487 g/mol. The minimum Gasteiger partial charge on any atom is -0.492 e. The SMILES string of the molecule is CCOc1ccc(-c2nnc([C@H]3C[C@H](NC(=O)c4ccc(C(C)(C)O)cn4)C3)n2-c2ccccc2F)nc1. The average molecular weight is 517 g/mol. The molecule has 10 heteroatoms. The summed E-state index contributed by atoms with van der Waals surface area (Å²) in [6.45, 7) is 5.75. The van der Waals surface area contributed by atoms with Crippen LogP contribution in [0.25, 0.3) is 17.2 Å². The van der Waals surface area contributed by atoms with E-state index in [2.05, 4.69) is 25.5 Å². The number of hydrogen-bond acceptors (Lipinski definition) is 7. The van der Waals surface area contributed by atoms with E-state index < -0.39 is 11.4 Å². The zero-order valence-electron chi connectivity index (χ0n) is 21.4. The Kier molecular flexibility index (Phi) is 6.90. The highest BCUT2D eigenvalue weighted by Crippen LogP contribution is 2.39. The van der Waals surface area contributed by atoms with E-state index in [9.17, 15) is 14.3 Å². The van der Waals surface area contributed by atoms with E-state index in [-0.39, 0.29) is 23.6 Å². The summed E-state index contributed by atoms with van der Waals surface area (Å²) >= 11 is 0. The number of hydrogen-bond donors (Lipinski definition) is 2. The van der Waals surface area contributed by atoms with Crippen molar-refractivity contribution < 1.29 is 19.0 Å². The maximum atomic E-state index is 14.9. The lowest BCUT2D eigenvalue weighted by Crippen LogP contribution is -2.44. The molecule has 1 saturated carbocycles. The minimum atomic E-state index is -1.03. The Balaban J connectivity index is 1.35. The third-order valence-electron chi connectivity index (χ3n) is 6.60. The Labute approximate surface area is 219 Å². The van der Waals surface area contributed by atoms with Gasteiger partial charge in [-0.15, -0.1) is 10.2 Å². The smallest absolute Gasteiger partial charge is 0.270 e. The van der Waals surface area contributed by atoms with E-state index in [1.807, 2.05) is 6.92 Å². The molecule has 196 valence electrons. The molecule has 0 aliphatic heterocycles. The van der Waals surface area contributed by atoms with Gasteiger partial charge in [-0.3, -0.25) is 14.3 Å². The van der Waals surface area contributed by atoms with Gasteiger partial charge in [-0.05, 0) is 63.9 Å². The van der Waals surface area contributed by atoms with E-state index >= 15 is 0 Å². The van der Waals surface area contributed by atoms with Crippen molar-refractivity contribution in [1.82, 2.24) is 30.0 Å². The number of pyridine rings is 2. The normalized spacial score (nSPS) is 17.1. The van der Waals surface area contributed by atoms with E-state index in [1.54, 1.807) is 67.1 Å². The molecule has 9 nitrogen and oxygen atoms in total. The Hall–Kier alpha value is -4.18. The fourth-order valence-electron chi connectivity index (χ4n) is 4.46. The molecule has 0 spiro atoms. The van der Waals surface area contributed by atoms with E-state index in [4.69, 9.17) is 4.74 Å². The van der Waals surface area contributed by atoms with Gasteiger partial charge in [0, 0.05) is 23.7 Å². The van der Waals surface area contributed by atoms with Gasteiger partial charge in [0.15, 0.2) is 5.82 Å². The van der Waals surface area contributed by atoms with Crippen LogP contribution >= 0.6 is 0 Å². The summed E-state index contributed by atoms with van der Waals surface area (Å²) in [7, 11) is 0. The first-order valence-corrected chi connectivity index (χ1v) is 12.5. The predicted octanol–water partition coefficient (Wildman–Crippen LogP) is 4.17. The van der Waals surface area contributed by atoms with Gasteiger partial charge in [0.05, 0.1) is 24.1 Å². The van der Waals surface area contributed by atoms with Crippen molar-refractivity contribution in [2.45, 2.75) is 51.2 Å². The van der Waals surface area contributed by atoms with Crippen LogP contribution < -0.4 is 10.1 Å². The van der Waals surface area contributed by atoms with Gasteiger partial charge in [-0.1, -0.05) is 18.2 Å². The number of aromatic nitrogens is 5. The minimum absolute atomic E-state index is 0.0330. The summed E-state index contributed by atoms with van der Waals surface area (Å²) in [4.78, 5) is 21.4. The summed E-state index contributed by atoms with van der Waals surface area (Å²) < 4.78 is 22.1. The second kappa shape index (κ2) is 10.3. The van der Waals surface area contributed by atoms with Crippen molar-refractivity contribution >= 4 is 5.91 Å². The van der Waals surface area contributed by atoms with Gasteiger partial charge >= 0.3 is 0 Å². The monoisotopic (exact) mass is 516 g/mol. The number of halogens is 1. The van der Waals surface area contributed by atoms with Gasteiger partial charge in [0.2, 0.25) is 0 Å². The molecule has 1 aromatic carbocycles. The number of carbonyl (C=O) groups is 1.